The quantitative estimate of drug-likeness (QED) is 0.0195. The minimum absolute atomic E-state index is 0.128. The summed E-state index contributed by atoms with van der Waals surface area (Å²) in [7, 11) is -9.38. The van der Waals surface area contributed by atoms with E-state index in [1.165, 1.54) is 61.2 Å². The molecule has 6 aliphatic heterocycles. The van der Waals surface area contributed by atoms with E-state index in [-0.39, 0.29) is 172 Å². The van der Waals surface area contributed by atoms with Crippen LogP contribution in [0.5, 0.6) is 0 Å². The summed E-state index contributed by atoms with van der Waals surface area (Å²) in [6.07, 6.45) is 20.5. The lowest BCUT2D eigenvalue weighted by atomic mass is 9.86. The Balaban J connectivity index is 0.000000166. The normalized spacial score (nSPS) is 19.2. The largest absolute Gasteiger partial charge is 0.483 e. The number of ether oxygens (including phenoxy) is 1. The minimum Gasteiger partial charge on any atom is -0.483 e. The zero-order valence-electron chi connectivity index (χ0n) is 82.2. The van der Waals surface area contributed by atoms with E-state index in [0.717, 1.165) is 150 Å². The second-order valence-corrected chi connectivity index (χ2v) is 46.5. The van der Waals surface area contributed by atoms with E-state index in [1.807, 2.05) is 20.8 Å². The van der Waals surface area contributed by atoms with Crippen molar-refractivity contribution >= 4 is 54.4 Å². The summed E-state index contributed by atoms with van der Waals surface area (Å²) >= 11 is 0. The van der Waals surface area contributed by atoms with Crippen LogP contribution in [0.4, 0.5) is 57.5 Å². The first kappa shape index (κ1) is 116. The van der Waals surface area contributed by atoms with Crippen LogP contribution in [-0.2, 0) is 78.1 Å². The lowest BCUT2D eigenvalue weighted by Gasteiger charge is -2.35. The Morgan fingerprint density at radius 3 is 0.685 bits per heavy atom. The fourth-order valence-corrected chi connectivity index (χ4v) is 24.7. The SMILES string of the molecule is CC(C)(C)OC(=O)N1CCC(C(N)Cc2cc(F)ccc2F)CC1.NC(Cc1cc(F)ccc1F)C1CCN(S(=O)(=O)C2CC2)CC1.N[C@@H](Cc1cc(F)ccc1F)C1CCN(C(=O)c2ncccn2)CC1.N[C@@H](Cc1cc(F)ccc1F)C1CCN(S(=O)(=O)C2CC2)CC1.N[C@H](Cc1cc(F)ccc1F)C1CCN(C(=O)c2ncccn2)CC1.N[C@H](Cc1cc(F)ccc1F)C1CCN(S(=O)(=O)C2CC2)CC1.O=CO. The lowest BCUT2D eigenvalue weighted by molar-refractivity contribution is -0.122. The number of aromatic nitrogens is 4. The molecule has 9 aliphatic rings. The van der Waals surface area contributed by atoms with Crippen molar-refractivity contribution in [3.8, 4) is 0 Å². The van der Waals surface area contributed by atoms with Crippen molar-refractivity contribution < 1.29 is 107 Å². The molecule has 0 spiro atoms. The van der Waals surface area contributed by atoms with Crippen molar-refractivity contribution in [1.29, 1.82) is 0 Å². The number of hydrogen-bond acceptors (Lipinski definition) is 21. The van der Waals surface area contributed by atoms with Crippen molar-refractivity contribution in [2.24, 2.45) is 69.9 Å². The third-order valence-corrected chi connectivity index (χ3v) is 35.4. The van der Waals surface area contributed by atoms with Gasteiger partial charge in [0.15, 0.2) is 0 Å². The van der Waals surface area contributed by atoms with E-state index in [9.17, 15) is 92.3 Å². The maximum absolute atomic E-state index is 13.8. The predicted molar refractivity (Wildman–Crippen MR) is 527 cm³/mol. The first-order chi connectivity index (χ1) is 69.3. The summed E-state index contributed by atoms with van der Waals surface area (Å²) in [5.74, 6) is -4.61. The average molecular weight is 2110 g/mol. The zero-order chi connectivity index (χ0) is 106. The van der Waals surface area contributed by atoms with Gasteiger partial charge in [0.1, 0.15) is 75.4 Å². The van der Waals surface area contributed by atoms with Crippen molar-refractivity contribution in [2.45, 2.75) is 232 Å². The third kappa shape index (κ3) is 34.4. The van der Waals surface area contributed by atoms with Gasteiger partial charge < -0.3 is 58.9 Å². The molecule has 43 heteroatoms. The smallest absolute Gasteiger partial charge is 0.410 e. The Labute approximate surface area is 846 Å². The monoisotopic (exact) mass is 2110 g/mol. The molecule has 8 aromatic rings. The van der Waals surface area contributed by atoms with Gasteiger partial charge >= 0.3 is 6.09 Å². The van der Waals surface area contributed by atoms with Crippen LogP contribution in [0.3, 0.4) is 0 Å². The Bertz CT molecular complexity index is 5550. The second-order valence-electron chi connectivity index (χ2n) is 39.9. The first-order valence-electron chi connectivity index (χ1n) is 49.6. The molecule has 3 saturated carbocycles. The van der Waals surface area contributed by atoms with E-state index in [2.05, 4.69) is 19.9 Å². The number of hydrogen-bond donors (Lipinski definition) is 7. The molecule has 9 fully saturated rings. The van der Waals surface area contributed by atoms with Crippen LogP contribution >= 0.6 is 0 Å². The molecule has 8 heterocycles. The highest BCUT2D eigenvalue weighted by molar-refractivity contribution is 7.90. The number of amides is 3. The molecular formula is C103H134F12N16O12S3. The topological polar surface area (TPSA) is 427 Å². The van der Waals surface area contributed by atoms with Gasteiger partial charge in [0.05, 0.1) is 15.7 Å². The maximum atomic E-state index is 13.8. The number of nitrogens with zero attached hydrogens (tertiary/aromatic N) is 10. The number of likely N-dealkylation sites (tertiary alicyclic amines) is 3. The Morgan fingerprint density at radius 1 is 0.329 bits per heavy atom. The number of sulfonamides is 3. The van der Waals surface area contributed by atoms with Crippen molar-refractivity contribution in [2.75, 3.05) is 78.5 Å². The summed E-state index contributed by atoms with van der Waals surface area (Å²) < 4.78 is 245. The van der Waals surface area contributed by atoms with Crippen LogP contribution in [0.2, 0.25) is 0 Å². The molecular weight excluding hydrogens is 1980 g/mol. The number of benzene rings is 6. The molecule has 13 N–H and O–H groups in total. The van der Waals surface area contributed by atoms with E-state index in [0.29, 0.717) is 140 Å². The van der Waals surface area contributed by atoms with E-state index < -0.39 is 105 Å². The van der Waals surface area contributed by atoms with E-state index in [4.69, 9.17) is 49.0 Å². The van der Waals surface area contributed by atoms with E-state index in [1.54, 1.807) is 39.7 Å². The van der Waals surface area contributed by atoms with Gasteiger partial charge in [-0.15, -0.1) is 0 Å². The van der Waals surface area contributed by atoms with Crippen LogP contribution in [0.1, 0.15) is 191 Å². The lowest BCUT2D eigenvalue weighted by Crippen LogP contribution is -2.45. The van der Waals surface area contributed by atoms with Crippen molar-refractivity contribution in [3.63, 3.8) is 0 Å². The van der Waals surface area contributed by atoms with Gasteiger partial charge in [0, 0.05) is 140 Å². The molecule has 3 aliphatic carbocycles. The highest BCUT2D eigenvalue weighted by atomic mass is 32.2. The molecule has 6 saturated heterocycles. The van der Waals surface area contributed by atoms with Crippen molar-refractivity contribution in [3.05, 3.63) is 261 Å². The molecule has 2 aromatic heterocycles. The highest BCUT2D eigenvalue weighted by Gasteiger charge is 2.46. The van der Waals surface area contributed by atoms with E-state index >= 15 is 0 Å². The Kier molecular flexibility index (Phi) is 42.8. The van der Waals surface area contributed by atoms with Gasteiger partial charge in [0.25, 0.3) is 18.3 Å². The van der Waals surface area contributed by atoms with Gasteiger partial charge in [-0.3, -0.25) is 14.4 Å². The molecule has 17 rings (SSSR count). The standard InChI is InChI=1S/2C18H20F2N4O.C18H26F2N2O2.3C16H22F2N2O2S.CH2O2/c2*19-14-2-3-15(20)13(10-14)11-16(21)12-4-8-24(9-5-12)18(25)17-22-6-1-7-23-17;1-18(2,3)24-17(23)22-8-6-12(7-9-22)16(21)11-13-10-14(19)4-5-15(13)20;3*17-13-1-4-15(18)12(9-13)10-16(19)11-5-7-20(8-6-11)23(21,22)14-2-3-14;2-1-3/h2*1-3,6-7,10,12,16H,4-5,8-9,11,21H2;4-5,10,12,16H,6-9,11,21H2,1-3H3;3*1,4,9,11,14,16H,2-3,5-8,10,19H2;1H,(H,2,3)/t2*16-;;2*16-;;/m10.10../s1. The molecule has 3 amide bonds. The van der Waals surface area contributed by atoms with Gasteiger partial charge in [-0.2, -0.15) is 0 Å². The molecule has 146 heavy (non-hydrogen) atoms. The zero-order valence-corrected chi connectivity index (χ0v) is 84.6. The van der Waals surface area contributed by atoms with Crippen LogP contribution in [0.15, 0.2) is 146 Å². The molecule has 6 aromatic carbocycles. The van der Waals surface area contributed by atoms with Crippen LogP contribution in [0, 0.1) is 105 Å². The summed E-state index contributed by atoms with van der Waals surface area (Å²) in [5, 5.41) is 6.33. The third-order valence-electron chi connectivity index (χ3n) is 28.2. The summed E-state index contributed by atoms with van der Waals surface area (Å²) in [4.78, 5) is 66.1. The minimum atomic E-state index is -3.13. The molecule has 2 unspecified atom stereocenters. The number of halogens is 12. The number of carboxylic acid groups (broad SMARTS) is 1. The molecule has 0 radical (unpaired) electrons. The number of piperidine rings is 6. The summed E-state index contributed by atoms with van der Waals surface area (Å²) in [5.41, 5.74) is 38.4. The predicted octanol–water partition coefficient (Wildman–Crippen LogP) is 13.7. The van der Waals surface area contributed by atoms with Crippen LogP contribution in [-0.4, -0.2) is 238 Å². The van der Waals surface area contributed by atoms with Gasteiger partial charge in [-0.05, 0) is 365 Å². The first-order valence-corrected chi connectivity index (χ1v) is 54.1. The Hall–Kier alpha value is -10.2. The van der Waals surface area contributed by atoms with Crippen LogP contribution in [0.25, 0.3) is 0 Å². The maximum Gasteiger partial charge on any atom is 0.410 e. The second kappa shape index (κ2) is 53.8. The number of nitrogens with two attached hydrogens (primary N) is 6. The Morgan fingerprint density at radius 2 is 0.507 bits per heavy atom. The molecule has 6 atom stereocenters. The van der Waals surface area contributed by atoms with Crippen LogP contribution < -0.4 is 34.4 Å². The average Bonchev–Trinajstić information content (AvgIpc) is 1.65. The molecule has 28 nitrogen and oxygen atoms in total. The highest BCUT2D eigenvalue weighted by Crippen LogP contribution is 2.39. The van der Waals surface area contributed by atoms with Gasteiger partial charge in [0.2, 0.25) is 41.7 Å². The van der Waals surface area contributed by atoms with Gasteiger partial charge in [-0.25, -0.2) is 116 Å². The number of rotatable bonds is 26. The number of carbonyl (C=O) groups excluding carboxylic acids is 3. The molecule has 800 valence electrons. The summed E-state index contributed by atoms with van der Waals surface area (Å²) in [6, 6.07) is 22.0. The molecule has 0 bridgehead atoms. The van der Waals surface area contributed by atoms with Gasteiger partial charge in [-0.1, -0.05) is 0 Å². The fraction of sp³-hybridized carbons (Fsp3) is 0.534. The van der Waals surface area contributed by atoms with Crippen molar-refractivity contribution in [1.82, 2.24) is 47.6 Å². The summed E-state index contributed by atoms with van der Waals surface area (Å²) in [6.45, 7) is 11.5. The number of carbonyl (C=O) groups is 4. The fourth-order valence-electron chi connectivity index (χ4n) is 19.1.